The average Bonchev–Trinajstić information content (AvgIpc) is 2.62. The van der Waals surface area contributed by atoms with Crippen LogP contribution in [0.15, 0.2) is 0 Å². The summed E-state index contributed by atoms with van der Waals surface area (Å²) in [5, 5.41) is 2.80. The largest absolute Gasteiger partial charge is 0.344 e. The van der Waals surface area contributed by atoms with Crippen LogP contribution in [0.1, 0.15) is 12.8 Å². The highest BCUT2D eigenvalue weighted by molar-refractivity contribution is 5.97. The summed E-state index contributed by atoms with van der Waals surface area (Å²) in [4.78, 5) is 50.0. The molecule has 0 aliphatic carbocycles. The summed E-state index contributed by atoms with van der Waals surface area (Å²) in [5.41, 5.74) is 0. The second-order valence-corrected chi connectivity index (χ2v) is 5.00. The fraction of sp³-hybridized carbons (Fsp3) is 0.667. The lowest BCUT2D eigenvalue weighted by molar-refractivity contribution is -0.155. The van der Waals surface area contributed by atoms with Crippen molar-refractivity contribution < 1.29 is 19.2 Å². The number of amides is 4. The van der Waals surface area contributed by atoms with Gasteiger partial charge < -0.3 is 4.90 Å². The smallest absolute Gasteiger partial charge is 0.245 e. The lowest BCUT2D eigenvalue weighted by atomic mass is 10.4. The van der Waals surface area contributed by atoms with Crippen LogP contribution in [0.25, 0.3) is 0 Å². The van der Waals surface area contributed by atoms with Crippen LogP contribution in [0, 0.1) is 0 Å². The second-order valence-electron chi connectivity index (χ2n) is 5.00. The minimum absolute atomic E-state index is 0.0645. The Labute approximate surface area is 116 Å². The molecular formula is C12H18N4O4. The van der Waals surface area contributed by atoms with Crippen molar-refractivity contribution in [2.45, 2.75) is 12.8 Å². The first-order chi connectivity index (χ1) is 9.40. The molecule has 2 fully saturated rings. The van der Waals surface area contributed by atoms with Gasteiger partial charge in [-0.25, -0.2) is 5.01 Å². The Bertz CT molecular complexity index is 464. The van der Waals surface area contributed by atoms with Crippen LogP contribution in [0.3, 0.4) is 0 Å². The molecule has 4 amide bonds. The minimum atomic E-state index is -0.370. The Morgan fingerprint density at radius 3 is 2.10 bits per heavy atom. The zero-order chi connectivity index (χ0) is 14.9. The average molecular weight is 282 g/mol. The molecule has 0 radical (unpaired) electrons. The number of rotatable bonds is 1. The first-order valence-electron chi connectivity index (χ1n) is 6.48. The topological polar surface area (TPSA) is 81.2 Å². The van der Waals surface area contributed by atoms with Crippen molar-refractivity contribution in [2.24, 2.45) is 0 Å². The lowest BCUT2D eigenvalue weighted by Crippen LogP contribution is -2.51. The fourth-order valence-electron chi connectivity index (χ4n) is 2.19. The zero-order valence-electron chi connectivity index (χ0n) is 11.7. The van der Waals surface area contributed by atoms with Crippen molar-refractivity contribution in [2.75, 3.05) is 40.3 Å². The molecule has 0 atom stereocenters. The van der Waals surface area contributed by atoms with E-state index >= 15 is 0 Å². The van der Waals surface area contributed by atoms with Gasteiger partial charge in [0, 0.05) is 40.0 Å². The third kappa shape index (κ3) is 2.79. The van der Waals surface area contributed by atoms with E-state index in [0.717, 1.165) is 4.90 Å². The maximum atomic E-state index is 12.1. The van der Waals surface area contributed by atoms with E-state index in [1.54, 1.807) is 7.05 Å². The maximum Gasteiger partial charge on any atom is 0.245 e. The van der Waals surface area contributed by atoms with Crippen LogP contribution in [-0.4, -0.2) is 83.7 Å². The number of likely N-dealkylation sites (N-methyl/N-ethyl adjacent to an activating group) is 2. The summed E-state index contributed by atoms with van der Waals surface area (Å²) < 4.78 is 0. The number of nitrogens with zero attached hydrogens (tertiary/aromatic N) is 4. The zero-order valence-corrected chi connectivity index (χ0v) is 11.7. The minimum Gasteiger partial charge on any atom is -0.344 e. The highest BCUT2D eigenvalue weighted by Crippen LogP contribution is 2.12. The normalized spacial score (nSPS) is 23.2. The fourth-order valence-corrected chi connectivity index (χ4v) is 2.19. The molecule has 0 aromatic carbocycles. The molecule has 0 N–H and O–H groups in total. The lowest BCUT2D eigenvalue weighted by Gasteiger charge is -2.31. The number of hydrogen-bond donors (Lipinski definition) is 0. The molecular weight excluding hydrogens is 264 g/mol. The molecule has 0 aromatic rings. The van der Waals surface area contributed by atoms with E-state index in [0.29, 0.717) is 6.54 Å². The molecule has 8 heteroatoms. The summed E-state index contributed by atoms with van der Waals surface area (Å²) in [6.45, 7) is 0.484. The number of hydrogen-bond acceptors (Lipinski definition) is 5. The molecule has 0 bridgehead atoms. The Morgan fingerprint density at radius 1 is 0.750 bits per heavy atom. The van der Waals surface area contributed by atoms with Crippen molar-refractivity contribution in [3.63, 3.8) is 0 Å². The Hall–Kier alpha value is -1.96. The van der Waals surface area contributed by atoms with Gasteiger partial charge in [-0.15, -0.1) is 0 Å². The number of hydrazine groups is 1. The molecule has 0 unspecified atom stereocenters. The third-order valence-corrected chi connectivity index (χ3v) is 3.65. The van der Waals surface area contributed by atoms with Gasteiger partial charge in [-0.2, -0.15) is 0 Å². The Kier molecular flexibility index (Phi) is 4.03. The standard InChI is InChI=1S/C12H18N4O4/c1-13-5-3-10(18)16(8-11(13)19)15-6-4-9(17)14(2)12(20)7-15/h3-8H2,1-2H3. The molecule has 2 rings (SSSR count). The summed E-state index contributed by atoms with van der Waals surface area (Å²) in [6, 6.07) is 0. The third-order valence-electron chi connectivity index (χ3n) is 3.65. The number of carbonyl (C=O) groups is 4. The van der Waals surface area contributed by atoms with Crippen LogP contribution in [-0.2, 0) is 19.2 Å². The second kappa shape index (κ2) is 5.58. The Balaban J connectivity index is 2.16. The number of carbonyl (C=O) groups excluding carboxylic acids is 4. The molecule has 2 aliphatic heterocycles. The summed E-state index contributed by atoms with van der Waals surface area (Å²) in [5.74, 6) is -1.02. The SMILES string of the molecule is CN1CCC(=O)N(N2CCC(=O)N(C)C(=O)C2)CC1=O. The van der Waals surface area contributed by atoms with Gasteiger partial charge in [0.15, 0.2) is 0 Å². The molecule has 2 saturated heterocycles. The first kappa shape index (κ1) is 14.4. The van der Waals surface area contributed by atoms with Gasteiger partial charge in [0.25, 0.3) is 0 Å². The van der Waals surface area contributed by atoms with E-state index in [4.69, 9.17) is 0 Å². The number of imide groups is 1. The van der Waals surface area contributed by atoms with Crippen molar-refractivity contribution in [3.8, 4) is 0 Å². The molecule has 8 nitrogen and oxygen atoms in total. The first-order valence-corrected chi connectivity index (χ1v) is 6.48. The molecule has 2 aliphatic rings. The van der Waals surface area contributed by atoms with E-state index in [2.05, 4.69) is 0 Å². The van der Waals surface area contributed by atoms with Gasteiger partial charge in [0.1, 0.15) is 6.54 Å². The van der Waals surface area contributed by atoms with Crippen LogP contribution in [0.5, 0.6) is 0 Å². The van der Waals surface area contributed by atoms with E-state index in [1.165, 1.54) is 22.0 Å². The van der Waals surface area contributed by atoms with Crippen molar-refractivity contribution >= 4 is 23.6 Å². The molecule has 2 heterocycles. The molecule has 110 valence electrons. The highest BCUT2D eigenvalue weighted by Gasteiger charge is 2.33. The van der Waals surface area contributed by atoms with Crippen molar-refractivity contribution in [1.29, 1.82) is 0 Å². The van der Waals surface area contributed by atoms with Crippen LogP contribution < -0.4 is 0 Å². The van der Waals surface area contributed by atoms with E-state index in [-0.39, 0.29) is 56.1 Å². The van der Waals surface area contributed by atoms with Crippen LogP contribution in [0.2, 0.25) is 0 Å². The van der Waals surface area contributed by atoms with Crippen LogP contribution >= 0.6 is 0 Å². The molecule has 0 aromatic heterocycles. The molecule has 0 spiro atoms. The van der Waals surface area contributed by atoms with Gasteiger partial charge in [-0.1, -0.05) is 0 Å². The summed E-state index contributed by atoms with van der Waals surface area (Å²) >= 11 is 0. The van der Waals surface area contributed by atoms with Crippen molar-refractivity contribution in [1.82, 2.24) is 19.8 Å². The van der Waals surface area contributed by atoms with E-state index in [9.17, 15) is 19.2 Å². The van der Waals surface area contributed by atoms with Crippen LogP contribution in [0.4, 0.5) is 0 Å². The van der Waals surface area contributed by atoms with Crippen molar-refractivity contribution in [3.05, 3.63) is 0 Å². The monoisotopic (exact) mass is 282 g/mol. The predicted octanol–water partition coefficient (Wildman–Crippen LogP) is -1.72. The van der Waals surface area contributed by atoms with Gasteiger partial charge >= 0.3 is 0 Å². The predicted molar refractivity (Wildman–Crippen MR) is 67.9 cm³/mol. The highest BCUT2D eigenvalue weighted by atomic mass is 16.2. The van der Waals surface area contributed by atoms with E-state index in [1.807, 2.05) is 0 Å². The Morgan fingerprint density at radius 2 is 1.40 bits per heavy atom. The molecule has 20 heavy (non-hydrogen) atoms. The van der Waals surface area contributed by atoms with Gasteiger partial charge in [-0.3, -0.25) is 29.1 Å². The maximum absolute atomic E-state index is 12.1. The summed E-state index contributed by atoms with van der Waals surface area (Å²) in [6.07, 6.45) is 0.368. The quantitative estimate of drug-likeness (QED) is 0.535. The van der Waals surface area contributed by atoms with E-state index < -0.39 is 0 Å². The molecule has 0 saturated carbocycles. The van der Waals surface area contributed by atoms with Gasteiger partial charge in [0.2, 0.25) is 23.6 Å². The summed E-state index contributed by atoms with van der Waals surface area (Å²) in [7, 11) is 3.07. The van der Waals surface area contributed by atoms with Gasteiger partial charge in [0.05, 0.1) is 6.54 Å². The van der Waals surface area contributed by atoms with Gasteiger partial charge in [-0.05, 0) is 0 Å².